The largest absolute Gasteiger partial charge is 0.357 e. The van der Waals surface area contributed by atoms with Crippen LogP contribution in [0, 0.1) is 5.82 Å². The van der Waals surface area contributed by atoms with Gasteiger partial charge in [0, 0.05) is 43.3 Å². The number of nitrogens with one attached hydrogen (secondary N) is 2. The zero-order valence-corrected chi connectivity index (χ0v) is 17.2. The van der Waals surface area contributed by atoms with E-state index in [1.54, 1.807) is 40.6 Å². The fraction of sp³-hybridized carbons (Fsp3) is 0.429. The Bertz CT molecular complexity index is 776. The summed E-state index contributed by atoms with van der Waals surface area (Å²) in [4.78, 5) is 17.3. The van der Waals surface area contributed by atoms with Crippen molar-refractivity contribution in [2.45, 2.75) is 37.6 Å². The Morgan fingerprint density at radius 2 is 1.93 bits per heavy atom. The van der Waals surface area contributed by atoms with Crippen molar-refractivity contribution >= 4 is 17.7 Å². The first kappa shape index (κ1) is 22.0. The number of unbranched alkanes of at least 4 members (excludes halogenated alkanes) is 1. The number of benzene rings is 1. The van der Waals surface area contributed by atoms with Crippen LogP contribution in [0.3, 0.4) is 0 Å². The van der Waals surface area contributed by atoms with E-state index in [4.69, 9.17) is 0 Å². The number of rotatable bonds is 11. The van der Waals surface area contributed by atoms with Gasteiger partial charge in [-0.3, -0.25) is 9.79 Å². The Morgan fingerprint density at radius 1 is 1.11 bits per heavy atom. The Labute approximate surface area is 170 Å². The molecule has 2 rings (SSSR count). The predicted octanol–water partition coefficient (Wildman–Crippen LogP) is 3.51. The van der Waals surface area contributed by atoms with E-state index in [0.29, 0.717) is 0 Å². The molecular weight excluding hydrogens is 375 g/mol. The van der Waals surface area contributed by atoms with Gasteiger partial charge in [-0.05, 0) is 62.3 Å². The molecular formula is C21H29FN4OS. The van der Waals surface area contributed by atoms with E-state index in [-0.39, 0.29) is 11.4 Å². The fourth-order valence-electron chi connectivity index (χ4n) is 2.58. The number of hydrogen-bond donors (Lipinski definition) is 2. The normalized spacial score (nSPS) is 11.4. The molecule has 1 heterocycles. The summed E-state index contributed by atoms with van der Waals surface area (Å²) in [5, 5.41) is 6.59. The summed E-state index contributed by atoms with van der Waals surface area (Å²) < 4.78 is 14.6. The maximum absolute atomic E-state index is 12.9. The van der Waals surface area contributed by atoms with Gasteiger partial charge in [0.2, 0.25) is 5.56 Å². The van der Waals surface area contributed by atoms with Gasteiger partial charge in [0.05, 0.1) is 0 Å². The topological polar surface area (TPSA) is 58.4 Å². The van der Waals surface area contributed by atoms with Crippen LogP contribution in [0.4, 0.5) is 4.39 Å². The number of aliphatic imine (C=N–C) groups is 1. The van der Waals surface area contributed by atoms with Crippen LogP contribution in [0.1, 0.15) is 26.2 Å². The second kappa shape index (κ2) is 13.0. The molecule has 1 aromatic carbocycles. The SMILES string of the molecule is CCNC(=NCCCSc1ccc(F)cc1)NCCCCn1ccccc1=O. The molecule has 28 heavy (non-hydrogen) atoms. The monoisotopic (exact) mass is 404 g/mol. The molecule has 1 aromatic heterocycles. The smallest absolute Gasteiger partial charge is 0.250 e. The molecule has 7 heteroatoms. The van der Waals surface area contributed by atoms with Crippen molar-refractivity contribution in [2.24, 2.45) is 4.99 Å². The summed E-state index contributed by atoms with van der Waals surface area (Å²) in [5.74, 6) is 1.57. The molecule has 2 N–H and O–H groups in total. The highest BCUT2D eigenvalue weighted by atomic mass is 32.2. The number of guanidine groups is 1. The summed E-state index contributed by atoms with van der Waals surface area (Å²) in [6.45, 7) is 5.15. The van der Waals surface area contributed by atoms with Crippen LogP contribution in [0.5, 0.6) is 0 Å². The quantitative estimate of drug-likeness (QED) is 0.260. The number of aromatic nitrogens is 1. The van der Waals surface area contributed by atoms with Crippen molar-refractivity contribution in [1.82, 2.24) is 15.2 Å². The van der Waals surface area contributed by atoms with Crippen LogP contribution in [0.2, 0.25) is 0 Å². The molecule has 0 aliphatic rings. The standard InChI is InChI=1S/C21H29FN4OS/c1-2-23-21(24-13-4-6-16-26-15-5-3-8-20(26)27)25-14-7-17-28-19-11-9-18(22)10-12-19/h3,5,8-12,15H,2,4,6-7,13-14,16-17H2,1H3,(H2,23,24,25). The summed E-state index contributed by atoms with van der Waals surface area (Å²) in [7, 11) is 0. The number of aryl methyl sites for hydroxylation is 1. The molecule has 0 saturated heterocycles. The molecule has 0 spiro atoms. The molecule has 2 aromatic rings. The molecule has 0 atom stereocenters. The molecule has 0 unspecified atom stereocenters. The van der Waals surface area contributed by atoms with Gasteiger partial charge in [0.25, 0.3) is 0 Å². The highest BCUT2D eigenvalue weighted by Gasteiger charge is 1.99. The minimum absolute atomic E-state index is 0.0452. The first-order valence-corrected chi connectivity index (χ1v) is 10.7. The summed E-state index contributed by atoms with van der Waals surface area (Å²) in [6, 6.07) is 11.8. The van der Waals surface area contributed by atoms with Crippen molar-refractivity contribution in [2.75, 3.05) is 25.4 Å². The van der Waals surface area contributed by atoms with E-state index in [0.717, 1.165) is 62.0 Å². The van der Waals surface area contributed by atoms with E-state index in [1.807, 2.05) is 19.2 Å². The second-order valence-electron chi connectivity index (χ2n) is 6.28. The minimum Gasteiger partial charge on any atom is -0.357 e. The molecule has 0 aliphatic heterocycles. The average Bonchev–Trinajstić information content (AvgIpc) is 2.70. The molecule has 0 amide bonds. The van der Waals surface area contributed by atoms with E-state index in [2.05, 4.69) is 15.6 Å². The molecule has 0 bridgehead atoms. The lowest BCUT2D eigenvalue weighted by Gasteiger charge is -2.11. The first-order chi connectivity index (χ1) is 13.7. The van der Waals surface area contributed by atoms with Crippen LogP contribution in [0.15, 0.2) is 63.3 Å². The maximum atomic E-state index is 12.9. The van der Waals surface area contributed by atoms with E-state index in [1.165, 1.54) is 12.1 Å². The van der Waals surface area contributed by atoms with E-state index in [9.17, 15) is 9.18 Å². The van der Waals surface area contributed by atoms with Crippen LogP contribution in [-0.4, -0.2) is 35.9 Å². The van der Waals surface area contributed by atoms with Crippen LogP contribution in [0.25, 0.3) is 0 Å². The van der Waals surface area contributed by atoms with Crippen molar-refractivity contribution in [3.63, 3.8) is 0 Å². The molecule has 5 nitrogen and oxygen atoms in total. The van der Waals surface area contributed by atoms with Crippen LogP contribution in [-0.2, 0) is 6.54 Å². The average molecular weight is 405 g/mol. The van der Waals surface area contributed by atoms with E-state index < -0.39 is 0 Å². The lowest BCUT2D eigenvalue weighted by atomic mass is 10.3. The summed E-state index contributed by atoms with van der Waals surface area (Å²) in [6.07, 6.45) is 4.68. The Morgan fingerprint density at radius 3 is 2.68 bits per heavy atom. The predicted molar refractivity (Wildman–Crippen MR) is 116 cm³/mol. The van der Waals surface area contributed by atoms with Gasteiger partial charge in [-0.1, -0.05) is 6.07 Å². The molecule has 0 aliphatic carbocycles. The Balaban J connectivity index is 1.62. The van der Waals surface area contributed by atoms with Crippen molar-refractivity contribution < 1.29 is 4.39 Å². The molecule has 0 fully saturated rings. The van der Waals surface area contributed by atoms with E-state index >= 15 is 0 Å². The summed E-state index contributed by atoms with van der Waals surface area (Å²) >= 11 is 1.71. The highest BCUT2D eigenvalue weighted by Crippen LogP contribution is 2.18. The van der Waals surface area contributed by atoms with Crippen molar-refractivity contribution in [3.05, 3.63) is 64.8 Å². The Kier molecular flexibility index (Phi) is 10.2. The third-order valence-corrected chi connectivity index (χ3v) is 5.11. The first-order valence-electron chi connectivity index (χ1n) is 9.75. The lowest BCUT2D eigenvalue weighted by Crippen LogP contribution is -2.38. The van der Waals surface area contributed by atoms with Gasteiger partial charge in [0.1, 0.15) is 5.82 Å². The molecule has 0 radical (unpaired) electrons. The maximum Gasteiger partial charge on any atom is 0.250 e. The third-order valence-electron chi connectivity index (χ3n) is 4.02. The fourth-order valence-corrected chi connectivity index (χ4v) is 3.41. The number of pyridine rings is 1. The Hall–Kier alpha value is -2.28. The molecule has 0 saturated carbocycles. The van der Waals surface area contributed by atoms with Crippen LogP contribution >= 0.6 is 11.8 Å². The van der Waals surface area contributed by atoms with Crippen LogP contribution < -0.4 is 16.2 Å². The highest BCUT2D eigenvalue weighted by molar-refractivity contribution is 7.99. The van der Waals surface area contributed by atoms with Gasteiger partial charge in [-0.2, -0.15) is 0 Å². The van der Waals surface area contributed by atoms with Gasteiger partial charge in [-0.25, -0.2) is 4.39 Å². The van der Waals surface area contributed by atoms with Gasteiger partial charge >= 0.3 is 0 Å². The molecule has 152 valence electrons. The number of thioether (sulfide) groups is 1. The third kappa shape index (κ3) is 8.61. The van der Waals surface area contributed by atoms with Crippen molar-refractivity contribution in [1.29, 1.82) is 0 Å². The van der Waals surface area contributed by atoms with Gasteiger partial charge < -0.3 is 15.2 Å². The summed E-state index contributed by atoms with van der Waals surface area (Å²) in [5.41, 5.74) is 0.0452. The second-order valence-corrected chi connectivity index (χ2v) is 7.45. The van der Waals surface area contributed by atoms with Gasteiger partial charge in [0.15, 0.2) is 5.96 Å². The zero-order chi connectivity index (χ0) is 20.0. The zero-order valence-electron chi connectivity index (χ0n) is 16.4. The minimum atomic E-state index is -0.203. The van der Waals surface area contributed by atoms with Crippen molar-refractivity contribution in [3.8, 4) is 0 Å². The van der Waals surface area contributed by atoms with Gasteiger partial charge in [-0.15, -0.1) is 11.8 Å². The number of hydrogen-bond acceptors (Lipinski definition) is 3. The number of nitrogens with zero attached hydrogens (tertiary/aromatic N) is 2. The lowest BCUT2D eigenvalue weighted by molar-refractivity contribution is 0.585. The number of halogens is 1.